The van der Waals surface area contributed by atoms with Crippen LogP contribution in [0.3, 0.4) is 0 Å². The van der Waals surface area contributed by atoms with Crippen LogP contribution >= 0.6 is 22.6 Å². The number of amides is 1. The summed E-state index contributed by atoms with van der Waals surface area (Å²) in [6.07, 6.45) is 0.505. The van der Waals surface area contributed by atoms with Crippen molar-refractivity contribution < 1.29 is 14.3 Å². The molecule has 1 N–H and O–H groups in total. The maximum Gasteiger partial charge on any atom is 0.262 e. The maximum atomic E-state index is 12.2. The fraction of sp³-hybridized carbons (Fsp3) is 0.263. The molecule has 0 bridgehead atoms. The Kier molecular flexibility index (Phi) is 4.89. The zero-order valence-corrected chi connectivity index (χ0v) is 15.7. The van der Waals surface area contributed by atoms with Gasteiger partial charge in [-0.05, 0) is 76.9 Å². The van der Waals surface area contributed by atoms with Gasteiger partial charge in [0.05, 0.1) is 5.56 Å². The molecule has 0 heterocycles. The van der Waals surface area contributed by atoms with Gasteiger partial charge in [0.25, 0.3) is 5.91 Å². The molecule has 4 nitrogen and oxygen atoms in total. The average Bonchev–Trinajstić information content (AvgIpc) is 2.85. The number of carbonyl (C=O) groups is 2. The number of ether oxygens (including phenoxy) is 1. The highest BCUT2D eigenvalue weighted by Crippen LogP contribution is 2.40. The van der Waals surface area contributed by atoms with Gasteiger partial charge in [-0.1, -0.05) is 13.0 Å². The second kappa shape index (κ2) is 6.93. The molecular weight excluding hydrogens is 417 g/mol. The molecule has 0 saturated carbocycles. The van der Waals surface area contributed by atoms with Crippen LogP contribution in [0.15, 0.2) is 36.4 Å². The summed E-state index contributed by atoms with van der Waals surface area (Å²) in [6, 6.07) is 11.2. The Morgan fingerprint density at radius 3 is 2.67 bits per heavy atom. The van der Waals surface area contributed by atoms with Gasteiger partial charge in [0.1, 0.15) is 5.75 Å². The lowest BCUT2D eigenvalue weighted by atomic mass is 9.97. The van der Waals surface area contributed by atoms with Crippen molar-refractivity contribution in [2.45, 2.75) is 26.2 Å². The van der Waals surface area contributed by atoms with Gasteiger partial charge in [-0.25, -0.2) is 0 Å². The summed E-state index contributed by atoms with van der Waals surface area (Å²) in [7, 11) is 0. The lowest BCUT2D eigenvalue weighted by molar-refractivity contribution is -0.118. The highest BCUT2D eigenvalue weighted by Gasteiger charge is 2.31. The molecule has 2 aromatic carbocycles. The molecule has 2 aromatic rings. The van der Waals surface area contributed by atoms with Crippen LogP contribution in [0.25, 0.3) is 0 Å². The van der Waals surface area contributed by atoms with Crippen molar-refractivity contribution >= 4 is 40.0 Å². The minimum absolute atomic E-state index is 0.0919. The van der Waals surface area contributed by atoms with Crippen LogP contribution in [-0.2, 0) is 4.79 Å². The van der Waals surface area contributed by atoms with E-state index in [4.69, 9.17) is 4.74 Å². The van der Waals surface area contributed by atoms with Gasteiger partial charge < -0.3 is 10.1 Å². The second-order valence-electron chi connectivity index (χ2n) is 6.04. The van der Waals surface area contributed by atoms with E-state index in [0.717, 1.165) is 20.4 Å². The summed E-state index contributed by atoms with van der Waals surface area (Å²) in [5.41, 5.74) is 3.52. The smallest absolute Gasteiger partial charge is 0.262 e. The topological polar surface area (TPSA) is 55.4 Å². The first-order valence-electron chi connectivity index (χ1n) is 7.80. The lowest BCUT2D eigenvalue weighted by Crippen LogP contribution is -2.20. The van der Waals surface area contributed by atoms with Crippen LogP contribution in [0.2, 0.25) is 0 Å². The minimum Gasteiger partial charge on any atom is -0.483 e. The van der Waals surface area contributed by atoms with Crippen molar-refractivity contribution in [1.82, 2.24) is 0 Å². The molecule has 0 radical (unpaired) electrons. The molecule has 0 spiro atoms. The number of rotatable bonds is 4. The maximum absolute atomic E-state index is 12.2. The number of hydrogen-bond donors (Lipinski definition) is 1. The van der Waals surface area contributed by atoms with Gasteiger partial charge in [-0.3, -0.25) is 9.59 Å². The van der Waals surface area contributed by atoms with Crippen molar-refractivity contribution in [2.75, 3.05) is 11.9 Å². The average molecular weight is 435 g/mol. The van der Waals surface area contributed by atoms with Crippen LogP contribution in [0.4, 0.5) is 5.69 Å². The third kappa shape index (κ3) is 3.45. The zero-order valence-electron chi connectivity index (χ0n) is 13.6. The van der Waals surface area contributed by atoms with Crippen LogP contribution in [0, 0.1) is 10.5 Å². The molecule has 0 aliphatic heterocycles. The van der Waals surface area contributed by atoms with E-state index >= 15 is 0 Å². The molecular formula is C19H18INO3. The zero-order chi connectivity index (χ0) is 17.3. The molecule has 1 atom stereocenters. The number of fused-ring (bicyclic) bond motifs is 1. The number of ketones is 1. The highest BCUT2D eigenvalue weighted by molar-refractivity contribution is 14.1. The number of anilines is 1. The molecule has 5 heteroatoms. The van der Waals surface area contributed by atoms with Gasteiger partial charge in [0, 0.05) is 15.7 Å². The Morgan fingerprint density at radius 2 is 1.96 bits per heavy atom. The quantitative estimate of drug-likeness (QED) is 0.729. The Hall–Kier alpha value is -1.89. The number of aryl methyl sites for hydroxylation is 1. The SMILES string of the molecule is Cc1ccc(OCC(=O)Nc2ccc(I)cc2)c2c1[C@H](C)CC2=O. The number of nitrogens with one attached hydrogen (secondary N) is 1. The van der Waals surface area contributed by atoms with E-state index in [1.165, 1.54) is 0 Å². The van der Waals surface area contributed by atoms with E-state index in [-0.39, 0.29) is 24.2 Å². The molecule has 124 valence electrons. The Morgan fingerprint density at radius 1 is 1.25 bits per heavy atom. The third-order valence-electron chi connectivity index (χ3n) is 4.18. The summed E-state index contributed by atoms with van der Waals surface area (Å²) in [5, 5.41) is 2.79. The van der Waals surface area contributed by atoms with E-state index in [2.05, 4.69) is 27.9 Å². The fourth-order valence-electron chi connectivity index (χ4n) is 3.10. The molecule has 24 heavy (non-hydrogen) atoms. The van der Waals surface area contributed by atoms with Crippen molar-refractivity contribution in [2.24, 2.45) is 0 Å². The Bertz CT molecular complexity index is 799. The van der Waals surface area contributed by atoms with Crippen molar-refractivity contribution in [3.63, 3.8) is 0 Å². The predicted octanol–water partition coefficient (Wildman–Crippen LogP) is 4.31. The Labute approximate surface area is 154 Å². The molecule has 0 saturated heterocycles. The first kappa shape index (κ1) is 17.0. The number of halogens is 1. The van der Waals surface area contributed by atoms with Gasteiger partial charge in [0.2, 0.25) is 0 Å². The predicted molar refractivity (Wildman–Crippen MR) is 102 cm³/mol. The molecule has 0 fully saturated rings. The first-order valence-corrected chi connectivity index (χ1v) is 8.88. The van der Waals surface area contributed by atoms with Crippen LogP contribution in [0.1, 0.15) is 40.7 Å². The minimum atomic E-state index is -0.246. The normalized spacial score (nSPS) is 16.0. The molecule has 1 aliphatic rings. The Balaban J connectivity index is 1.70. The van der Waals surface area contributed by atoms with E-state index in [0.29, 0.717) is 17.7 Å². The summed E-state index contributed by atoms with van der Waals surface area (Å²) < 4.78 is 6.75. The summed E-state index contributed by atoms with van der Waals surface area (Å²) >= 11 is 2.21. The number of carbonyl (C=O) groups excluding carboxylic acids is 2. The van der Waals surface area contributed by atoms with Crippen molar-refractivity contribution in [3.8, 4) is 5.75 Å². The summed E-state index contributed by atoms with van der Waals surface area (Å²) in [5.74, 6) is 0.553. The second-order valence-corrected chi connectivity index (χ2v) is 7.29. The van der Waals surface area contributed by atoms with E-state index in [1.807, 2.05) is 44.2 Å². The monoisotopic (exact) mass is 435 g/mol. The lowest BCUT2D eigenvalue weighted by Gasteiger charge is -2.13. The van der Waals surface area contributed by atoms with E-state index < -0.39 is 0 Å². The fourth-order valence-corrected chi connectivity index (χ4v) is 3.46. The van der Waals surface area contributed by atoms with E-state index in [9.17, 15) is 9.59 Å². The van der Waals surface area contributed by atoms with Gasteiger partial charge in [-0.2, -0.15) is 0 Å². The van der Waals surface area contributed by atoms with E-state index in [1.54, 1.807) is 6.07 Å². The molecule has 3 rings (SSSR count). The molecule has 1 amide bonds. The molecule has 0 unspecified atom stereocenters. The van der Waals surface area contributed by atoms with Crippen LogP contribution in [-0.4, -0.2) is 18.3 Å². The third-order valence-corrected chi connectivity index (χ3v) is 4.89. The number of Topliss-reactive ketones (excluding diaryl/α,β-unsaturated/α-hetero) is 1. The van der Waals surface area contributed by atoms with Crippen molar-refractivity contribution in [3.05, 3.63) is 56.7 Å². The largest absolute Gasteiger partial charge is 0.483 e. The number of benzene rings is 2. The molecule has 1 aliphatic carbocycles. The summed E-state index contributed by atoms with van der Waals surface area (Å²) in [4.78, 5) is 24.3. The van der Waals surface area contributed by atoms with Gasteiger partial charge in [0.15, 0.2) is 12.4 Å². The van der Waals surface area contributed by atoms with Crippen LogP contribution in [0.5, 0.6) is 5.75 Å². The molecule has 0 aromatic heterocycles. The first-order chi connectivity index (χ1) is 11.5. The number of hydrogen-bond acceptors (Lipinski definition) is 3. The summed E-state index contributed by atoms with van der Waals surface area (Å²) in [6.45, 7) is 3.92. The standard InChI is InChI=1S/C19H18INO3/c1-11-3-8-16(19-15(22)9-12(2)18(11)19)24-10-17(23)21-14-6-4-13(20)5-7-14/h3-8,12H,9-10H2,1-2H3,(H,21,23)/t12-/m1/s1. The highest BCUT2D eigenvalue weighted by atomic mass is 127. The van der Waals surface area contributed by atoms with Crippen LogP contribution < -0.4 is 10.1 Å². The van der Waals surface area contributed by atoms with Gasteiger partial charge >= 0.3 is 0 Å². The van der Waals surface area contributed by atoms with Gasteiger partial charge in [-0.15, -0.1) is 0 Å². The van der Waals surface area contributed by atoms with Crippen molar-refractivity contribution in [1.29, 1.82) is 0 Å².